The predicted octanol–water partition coefficient (Wildman–Crippen LogP) is 1.11. The minimum absolute atomic E-state index is 0.107. The second kappa shape index (κ2) is 5.26. The summed E-state index contributed by atoms with van der Waals surface area (Å²) in [7, 11) is 1.11. The summed E-state index contributed by atoms with van der Waals surface area (Å²) in [6, 6.07) is 10.1. The quantitative estimate of drug-likeness (QED) is 0.721. The van der Waals surface area contributed by atoms with Crippen molar-refractivity contribution in [1.82, 2.24) is 0 Å². The molecule has 3 N–H and O–H groups in total. The maximum absolute atomic E-state index is 11.3. The molecule has 2 atom stereocenters. The van der Waals surface area contributed by atoms with Crippen molar-refractivity contribution in [2.75, 3.05) is 7.11 Å². The number of carbonyl (C=O) groups excluding carboxylic acids is 1. The lowest BCUT2D eigenvalue weighted by molar-refractivity contribution is -0.156. The predicted molar refractivity (Wildman–Crippen MR) is 68.6 cm³/mol. The monoisotopic (exact) mass is 262 g/mol. The van der Waals surface area contributed by atoms with Gasteiger partial charge in [-0.3, -0.25) is 0 Å². The minimum Gasteiger partial charge on any atom is -0.508 e. The largest absolute Gasteiger partial charge is 0.508 e. The number of phenols is 1. The van der Waals surface area contributed by atoms with E-state index in [1.165, 1.54) is 6.07 Å². The number of fused-ring (bicyclic) bond motifs is 1. The molecular weight excluding hydrogens is 248 g/mol. The van der Waals surface area contributed by atoms with Gasteiger partial charge in [0.15, 0.2) is 6.10 Å². The van der Waals surface area contributed by atoms with Crippen LogP contribution in [-0.4, -0.2) is 34.5 Å². The number of rotatable bonds is 3. The van der Waals surface area contributed by atoms with Gasteiger partial charge in [-0.05, 0) is 16.8 Å². The van der Waals surface area contributed by atoms with Crippen LogP contribution in [-0.2, 0) is 9.53 Å². The Morgan fingerprint density at radius 3 is 2.53 bits per heavy atom. The van der Waals surface area contributed by atoms with Gasteiger partial charge in [-0.25, -0.2) is 4.79 Å². The molecule has 0 aromatic heterocycles. The van der Waals surface area contributed by atoms with Crippen molar-refractivity contribution >= 4 is 16.7 Å². The van der Waals surface area contributed by atoms with E-state index in [1.54, 1.807) is 24.3 Å². The van der Waals surface area contributed by atoms with E-state index < -0.39 is 18.2 Å². The molecule has 100 valence electrons. The number of methoxy groups -OCH3 is 1. The molecule has 0 amide bonds. The number of carbonyl (C=O) groups is 1. The third-order valence-electron chi connectivity index (χ3n) is 2.99. The lowest BCUT2D eigenvalue weighted by Gasteiger charge is -2.19. The second-order valence-corrected chi connectivity index (χ2v) is 4.13. The van der Waals surface area contributed by atoms with Gasteiger partial charge < -0.3 is 20.1 Å². The van der Waals surface area contributed by atoms with E-state index in [1.807, 2.05) is 6.07 Å². The fraction of sp³-hybridized carbons (Fsp3) is 0.214. The summed E-state index contributed by atoms with van der Waals surface area (Å²) >= 11 is 0. The van der Waals surface area contributed by atoms with Crippen LogP contribution in [0.15, 0.2) is 36.4 Å². The molecule has 0 spiro atoms. The second-order valence-electron chi connectivity index (χ2n) is 4.13. The van der Waals surface area contributed by atoms with Crippen molar-refractivity contribution < 1.29 is 24.9 Å². The molecule has 0 fully saturated rings. The van der Waals surface area contributed by atoms with Crippen LogP contribution >= 0.6 is 0 Å². The summed E-state index contributed by atoms with van der Waals surface area (Å²) in [5.41, 5.74) is 0.107. The van der Waals surface area contributed by atoms with E-state index in [2.05, 4.69) is 4.74 Å². The maximum atomic E-state index is 11.3. The van der Waals surface area contributed by atoms with Gasteiger partial charge >= 0.3 is 5.97 Å². The number of ether oxygens (including phenoxy) is 1. The molecule has 0 saturated heterocycles. The highest BCUT2D eigenvalue weighted by Crippen LogP contribution is 2.34. The van der Waals surface area contributed by atoms with Crippen molar-refractivity contribution in [2.24, 2.45) is 0 Å². The van der Waals surface area contributed by atoms with E-state index in [0.717, 1.165) is 12.5 Å². The number of benzene rings is 2. The molecule has 2 rings (SSSR count). The lowest BCUT2D eigenvalue weighted by Crippen LogP contribution is -2.29. The van der Waals surface area contributed by atoms with Crippen LogP contribution in [0, 0.1) is 0 Å². The normalized spacial score (nSPS) is 14.1. The molecule has 0 aliphatic heterocycles. The molecule has 0 aliphatic carbocycles. The van der Waals surface area contributed by atoms with Crippen molar-refractivity contribution in [3.05, 3.63) is 42.0 Å². The SMILES string of the molecule is COC(=O)C(O)C(O)c1c(O)ccc2ccccc12. The molecule has 2 unspecified atom stereocenters. The summed E-state index contributed by atoms with van der Waals surface area (Å²) in [6.07, 6.45) is -3.31. The number of hydrogen-bond donors (Lipinski definition) is 3. The zero-order valence-electron chi connectivity index (χ0n) is 10.3. The van der Waals surface area contributed by atoms with Crippen LogP contribution in [0.2, 0.25) is 0 Å². The number of aliphatic hydroxyl groups excluding tert-OH is 2. The van der Waals surface area contributed by atoms with Crippen molar-refractivity contribution in [3.63, 3.8) is 0 Å². The first-order valence-corrected chi connectivity index (χ1v) is 5.71. The Bertz CT molecular complexity index is 608. The van der Waals surface area contributed by atoms with Crippen LogP contribution in [0.5, 0.6) is 5.75 Å². The standard InChI is InChI=1S/C14H14O5/c1-19-14(18)13(17)12(16)11-9-5-3-2-4-8(9)6-7-10(11)15/h2-7,12-13,15-17H,1H3. The van der Waals surface area contributed by atoms with Gasteiger partial charge in [0.05, 0.1) is 7.11 Å². The fourth-order valence-electron chi connectivity index (χ4n) is 2.00. The van der Waals surface area contributed by atoms with Gasteiger partial charge in [0.2, 0.25) is 0 Å². The zero-order chi connectivity index (χ0) is 14.0. The Balaban J connectivity index is 2.55. The highest BCUT2D eigenvalue weighted by Gasteiger charge is 2.29. The third kappa shape index (κ3) is 2.38. The number of esters is 1. The summed E-state index contributed by atoms with van der Waals surface area (Å²) in [4.78, 5) is 11.3. The molecule has 0 saturated carbocycles. The molecule has 2 aromatic carbocycles. The Hall–Kier alpha value is -2.11. The Kier molecular flexibility index (Phi) is 3.69. The molecular formula is C14H14O5. The fourth-order valence-corrected chi connectivity index (χ4v) is 2.00. The van der Waals surface area contributed by atoms with E-state index in [4.69, 9.17) is 0 Å². The average Bonchev–Trinajstić information content (AvgIpc) is 2.44. The summed E-state index contributed by atoms with van der Waals surface area (Å²) < 4.78 is 4.38. The first kappa shape index (κ1) is 13.3. The van der Waals surface area contributed by atoms with Crippen LogP contribution in [0.4, 0.5) is 0 Å². The number of aliphatic hydroxyl groups is 2. The molecule has 19 heavy (non-hydrogen) atoms. The van der Waals surface area contributed by atoms with Gasteiger partial charge in [-0.1, -0.05) is 30.3 Å². The summed E-state index contributed by atoms with van der Waals surface area (Å²) in [6.45, 7) is 0. The highest BCUT2D eigenvalue weighted by atomic mass is 16.5. The van der Waals surface area contributed by atoms with Crippen molar-refractivity contribution in [2.45, 2.75) is 12.2 Å². The van der Waals surface area contributed by atoms with Gasteiger partial charge in [0, 0.05) is 5.56 Å². The Labute approximate surface area is 109 Å². The zero-order valence-corrected chi connectivity index (χ0v) is 10.3. The van der Waals surface area contributed by atoms with Gasteiger partial charge in [0.1, 0.15) is 11.9 Å². The topological polar surface area (TPSA) is 87.0 Å². The van der Waals surface area contributed by atoms with E-state index in [-0.39, 0.29) is 11.3 Å². The average molecular weight is 262 g/mol. The molecule has 0 radical (unpaired) electrons. The molecule has 2 aromatic rings. The third-order valence-corrected chi connectivity index (χ3v) is 2.99. The van der Waals surface area contributed by atoms with Crippen molar-refractivity contribution in [3.8, 4) is 5.75 Å². The summed E-state index contributed by atoms with van der Waals surface area (Å²) in [5, 5.41) is 31.0. The Morgan fingerprint density at radius 1 is 1.16 bits per heavy atom. The first-order chi connectivity index (χ1) is 9.06. The van der Waals surface area contributed by atoms with Gasteiger partial charge in [-0.15, -0.1) is 0 Å². The molecule has 5 heteroatoms. The summed E-state index contributed by atoms with van der Waals surface area (Å²) in [5.74, 6) is -1.14. The molecule has 0 bridgehead atoms. The Morgan fingerprint density at radius 2 is 1.84 bits per heavy atom. The smallest absolute Gasteiger partial charge is 0.337 e. The van der Waals surface area contributed by atoms with E-state index in [9.17, 15) is 20.1 Å². The maximum Gasteiger partial charge on any atom is 0.337 e. The van der Waals surface area contributed by atoms with Crippen LogP contribution in [0.25, 0.3) is 10.8 Å². The molecule has 5 nitrogen and oxygen atoms in total. The lowest BCUT2D eigenvalue weighted by atomic mass is 9.96. The van der Waals surface area contributed by atoms with Gasteiger partial charge in [0.25, 0.3) is 0 Å². The minimum atomic E-state index is -1.75. The van der Waals surface area contributed by atoms with E-state index >= 15 is 0 Å². The van der Waals surface area contributed by atoms with Crippen LogP contribution in [0.3, 0.4) is 0 Å². The first-order valence-electron chi connectivity index (χ1n) is 5.71. The molecule has 0 heterocycles. The number of hydrogen-bond acceptors (Lipinski definition) is 5. The van der Waals surface area contributed by atoms with Crippen LogP contribution in [0.1, 0.15) is 11.7 Å². The highest BCUT2D eigenvalue weighted by molar-refractivity contribution is 5.89. The number of phenolic OH excluding ortho intramolecular Hbond substituents is 1. The number of aromatic hydroxyl groups is 1. The van der Waals surface area contributed by atoms with E-state index in [0.29, 0.717) is 5.39 Å². The van der Waals surface area contributed by atoms with Crippen LogP contribution < -0.4 is 0 Å². The molecule has 0 aliphatic rings. The van der Waals surface area contributed by atoms with Crippen molar-refractivity contribution in [1.29, 1.82) is 0 Å². The van der Waals surface area contributed by atoms with Gasteiger partial charge in [-0.2, -0.15) is 0 Å².